The molecule has 2 aromatic carbocycles. The van der Waals surface area contributed by atoms with E-state index in [1.807, 2.05) is 36.4 Å². The number of nitrogens with zero attached hydrogens (tertiary/aromatic N) is 1. The molecular formula is C13H10INO. The van der Waals surface area contributed by atoms with Crippen LogP contribution < -0.4 is 0 Å². The number of aliphatic imine (C=N–C) groups is 1. The number of aromatic hydroxyl groups is 1. The number of halogens is 1. The molecule has 0 bridgehead atoms. The van der Waals surface area contributed by atoms with Gasteiger partial charge in [-0.3, -0.25) is 4.99 Å². The number of para-hydroxylation sites is 1. The monoisotopic (exact) mass is 323 g/mol. The number of benzene rings is 2. The third-order valence-corrected chi connectivity index (χ3v) is 2.77. The molecule has 0 spiro atoms. The molecule has 0 saturated heterocycles. The van der Waals surface area contributed by atoms with E-state index in [-0.39, 0.29) is 5.75 Å². The SMILES string of the molecule is Oc1ccccc1C=Nc1cccc(I)c1. The molecule has 2 rings (SSSR count). The topological polar surface area (TPSA) is 32.6 Å². The van der Waals surface area contributed by atoms with Crippen LogP contribution in [0.15, 0.2) is 53.5 Å². The molecule has 2 nitrogen and oxygen atoms in total. The van der Waals surface area contributed by atoms with Gasteiger partial charge in [0.25, 0.3) is 0 Å². The van der Waals surface area contributed by atoms with Crippen molar-refractivity contribution in [2.24, 2.45) is 4.99 Å². The maximum Gasteiger partial charge on any atom is 0.124 e. The Balaban J connectivity index is 2.25. The Hall–Kier alpha value is -1.36. The van der Waals surface area contributed by atoms with Gasteiger partial charge in [-0.05, 0) is 52.9 Å². The molecule has 16 heavy (non-hydrogen) atoms. The fourth-order valence-corrected chi connectivity index (χ4v) is 1.82. The van der Waals surface area contributed by atoms with Crippen LogP contribution in [0.3, 0.4) is 0 Å². The molecule has 0 atom stereocenters. The van der Waals surface area contributed by atoms with E-state index in [1.165, 1.54) is 0 Å². The van der Waals surface area contributed by atoms with E-state index >= 15 is 0 Å². The highest BCUT2D eigenvalue weighted by molar-refractivity contribution is 14.1. The van der Waals surface area contributed by atoms with E-state index in [1.54, 1.807) is 18.3 Å². The summed E-state index contributed by atoms with van der Waals surface area (Å²) in [4.78, 5) is 4.31. The van der Waals surface area contributed by atoms with E-state index in [2.05, 4.69) is 27.6 Å². The van der Waals surface area contributed by atoms with Gasteiger partial charge in [0.05, 0.1) is 5.69 Å². The fourth-order valence-electron chi connectivity index (χ4n) is 1.30. The Kier molecular flexibility index (Phi) is 3.56. The molecule has 80 valence electrons. The molecule has 3 heteroatoms. The number of phenolic OH excluding ortho intramolecular Hbond substituents is 1. The van der Waals surface area contributed by atoms with Crippen LogP contribution in [-0.4, -0.2) is 11.3 Å². The first kappa shape index (κ1) is 11.1. The van der Waals surface area contributed by atoms with Gasteiger partial charge < -0.3 is 5.11 Å². The van der Waals surface area contributed by atoms with Crippen LogP contribution in [0.4, 0.5) is 5.69 Å². The molecule has 0 aliphatic rings. The van der Waals surface area contributed by atoms with E-state index in [0.29, 0.717) is 0 Å². The van der Waals surface area contributed by atoms with Crippen molar-refractivity contribution in [2.75, 3.05) is 0 Å². The van der Waals surface area contributed by atoms with Crippen molar-refractivity contribution in [1.82, 2.24) is 0 Å². The van der Waals surface area contributed by atoms with Crippen LogP contribution in [0, 0.1) is 3.57 Å². The minimum atomic E-state index is 0.247. The highest BCUT2D eigenvalue weighted by atomic mass is 127. The lowest BCUT2D eigenvalue weighted by Gasteiger charge is -1.97. The number of rotatable bonds is 2. The molecular weight excluding hydrogens is 313 g/mol. The van der Waals surface area contributed by atoms with Crippen LogP contribution in [0.2, 0.25) is 0 Å². The largest absolute Gasteiger partial charge is 0.507 e. The van der Waals surface area contributed by atoms with Gasteiger partial charge in [-0.15, -0.1) is 0 Å². The maximum atomic E-state index is 9.55. The van der Waals surface area contributed by atoms with Crippen molar-refractivity contribution in [3.05, 3.63) is 57.7 Å². The summed E-state index contributed by atoms with van der Waals surface area (Å²) in [5, 5.41) is 9.55. The van der Waals surface area contributed by atoms with Gasteiger partial charge in [0.1, 0.15) is 5.75 Å². The summed E-state index contributed by atoms with van der Waals surface area (Å²) in [6.45, 7) is 0. The molecule has 0 unspecified atom stereocenters. The molecule has 0 radical (unpaired) electrons. The molecule has 0 aliphatic heterocycles. The van der Waals surface area contributed by atoms with Crippen molar-refractivity contribution in [3.63, 3.8) is 0 Å². The van der Waals surface area contributed by atoms with Crippen LogP contribution in [0.5, 0.6) is 5.75 Å². The lowest BCUT2D eigenvalue weighted by atomic mass is 10.2. The molecule has 1 N–H and O–H groups in total. The number of phenols is 1. The molecule has 0 aromatic heterocycles. The highest BCUT2D eigenvalue weighted by Crippen LogP contribution is 2.17. The minimum absolute atomic E-state index is 0.247. The van der Waals surface area contributed by atoms with Crippen molar-refractivity contribution in [3.8, 4) is 5.75 Å². The first-order valence-corrected chi connectivity index (χ1v) is 5.91. The summed E-state index contributed by atoms with van der Waals surface area (Å²) in [7, 11) is 0. The van der Waals surface area contributed by atoms with Gasteiger partial charge >= 0.3 is 0 Å². The molecule has 0 heterocycles. The van der Waals surface area contributed by atoms with Crippen molar-refractivity contribution < 1.29 is 5.11 Å². The molecule has 0 saturated carbocycles. The number of hydrogen-bond acceptors (Lipinski definition) is 2. The van der Waals surface area contributed by atoms with E-state index in [9.17, 15) is 5.11 Å². The Morgan fingerprint density at radius 3 is 2.62 bits per heavy atom. The number of hydrogen-bond donors (Lipinski definition) is 1. The highest BCUT2D eigenvalue weighted by Gasteiger charge is 1.95. The summed E-state index contributed by atoms with van der Waals surface area (Å²) in [6, 6.07) is 15.0. The minimum Gasteiger partial charge on any atom is -0.507 e. The molecule has 0 amide bonds. The first-order chi connectivity index (χ1) is 7.75. The van der Waals surface area contributed by atoms with Crippen molar-refractivity contribution in [1.29, 1.82) is 0 Å². The summed E-state index contributed by atoms with van der Waals surface area (Å²) >= 11 is 2.24. The Morgan fingerprint density at radius 1 is 1.06 bits per heavy atom. The van der Waals surface area contributed by atoms with Crippen LogP contribution in [-0.2, 0) is 0 Å². The Bertz CT molecular complexity index is 523. The van der Waals surface area contributed by atoms with E-state index < -0.39 is 0 Å². The fraction of sp³-hybridized carbons (Fsp3) is 0. The Labute approximate surface area is 108 Å². The third kappa shape index (κ3) is 2.82. The lowest BCUT2D eigenvalue weighted by Crippen LogP contribution is -1.80. The second kappa shape index (κ2) is 5.12. The zero-order valence-electron chi connectivity index (χ0n) is 8.47. The smallest absolute Gasteiger partial charge is 0.124 e. The summed E-state index contributed by atoms with van der Waals surface area (Å²) < 4.78 is 1.14. The van der Waals surface area contributed by atoms with Gasteiger partial charge in [0.2, 0.25) is 0 Å². The quantitative estimate of drug-likeness (QED) is 0.663. The maximum absolute atomic E-state index is 9.55. The molecule has 0 aliphatic carbocycles. The Morgan fingerprint density at radius 2 is 1.88 bits per heavy atom. The first-order valence-electron chi connectivity index (χ1n) is 4.83. The standard InChI is InChI=1S/C13H10INO/c14-11-5-3-6-12(8-11)15-9-10-4-1-2-7-13(10)16/h1-9,16H. The second-order valence-electron chi connectivity index (χ2n) is 3.30. The summed E-state index contributed by atoms with van der Waals surface area (Å²) in [6.07, 6.45) is 1.67. The van der Waals surface area contributed by atoms with Gasteiger partial charge in [-0.2, -0.15) is 0 Å². The van der Waals surface area contributed by atoms with Gasteiger partial charge in [-0.1, -0.05) is 18.2 Å². The lowest BCUT2D eigenvalue weighted by molar-refractivity contribution is 0.474. The molecule has 0 fully saturated rings. The zero-order chi connectivity index (χ0) is 11.4. The summed E-state index contributed by atoms with van der Waals surface area (Å²) in [5.74, 6) is 0.247. The predicted octanol–water partition coefficient (Wildman–Crippen LogP) is 3.75. The van der Waals surface area contributed by atoms with Crippen LogP contribution in [0.1, 0.15) is 5.56 Å². The molecule has 2 aromatic rings. The van der Waals surface area contributed by atoms with Gasteiger partial charge in [-0.25, -0.2) is 0 Å². The van der Waals surface area contributed by atoms with Crippen LogP contribution in [0.25, 0.3) is 0 Å². The van der Waals surface area contributed by atoms with E-state index in [0.717, 1.165) is 14.8 Å². The predicted molar refractivity (Wildman–Crippen MR) is 74.5 cm³/mol. The van der Waals surface area contributed by atoms with Gasteiger partial charge in [0, 0.05) is 15.3 Å². The van der Waals surface area contributed by atoms with E-state index in [4.69, 9.17) is 0 Å². The van der Waals surface area contributed by atoms with Gasteiger partial charge in [0.15, 0.2) is 0 Å². The van der Waals surface area contributed by atoms with Crippen LogP contribution >= 0.6 is 22.6 Å². The average molecular weight is 323 g/mol. The second-order valence-corrected chi connectivity index (χ2v) is 4.54. The van der Waals surface area contributed by atoms with Crippen molar-refractivity contribution >= 4 is 34.5 Å². The normalized spacial score (nSPS) is 10.8. The summed E-state index contributed by atoms with van der Waals surface area (Å²) in [5.41, 5.74) is 1.61. The zero-order valence-corrected chi connectivity index (χ0v) is 10.6. The third-order valence-electron chi connectivity index (χ3n) is 2.10. The van der Waals surface area contributed by atoms with Crippen molar-refractivity contribution in [2.45, 2.75) is 0 Å². The average Bonchev–Trinajstić information content (AvgIpc) is 2.28.